The van der Waals surface area contributed by atoms with Gasteiger partial charge in [0.05, 0.1) is 5.52 Å². The average Bonchev–Trinajstić information content (AvgIpc) is 2.81. The molecule has 1 heterocycles. The maximum absolute atomic E-state index is 13.9. The minimum Gasteiger partial charge on any atom is -0.508 e. The lowest BCUT2D eigenvalue weighted by Gasteiger charge is -2.13. The van der Waals surface area contributed by atoms with E-state index in [4.69, 9.17) is 0 Å². The van der Waals surface area contributed by atoms with Crippen LogP contribution in [0.1, 0.15) is 31.3 Å². The van der Waals surface area contributed by atoms with Crippen molar-refractivity contribution < 1.29 is 9.50 Å². The number of imidazole rings is 1. The van der Waals surface area contributed by atoms with Crippen LogP contribution in [-0.2, 0) is 6.42 Å². The van der Waals surface area contributed by atoms with Gasteiger partial charge in [-0.05, 0) is 43.7 Å². The van der Waals surface area contributed by atoms with Crippen molar-refractivity contribution in [1.29, 1.82) is 0 Å². The number of phenols is 1. The smallest absolute Gasteiger partial charge is 0.151 e. The van der Waals surface area contributed by atoms with Gasteiger partial charge in [-0.3, -0.25) is 0 Å². The fourth-order valence-electron chi connectivity index (χ4n) is 2.63. The predicted molar refractivity (Wildman–Crippen MR) is 81.0 cm³/mol. The average molecular weight is 284 g/mol. The van der Waals surface area contributed by atoms with E-state index in [2.05, 4.69) is 23.4 Å². The van der Waals surface area contributed by atoms with Crippen molar-refractivity contribution in [2.75, 3.05) is 0 Å². The molecule has 0 aliphatic heterocycles. The molecule has 21 heavy (non-hydrogen) atoms. The number of nitrogens with zero attached hydrogens (tertiary/aromatic N) is 2. The van der Waals surface area contributed by atoms with E-state index in [1.807, 2.05) is 18.2 Å². The predicted octanol–water partition coefficient (Wildman–Crippen LogP) is 4.05. The van der Waals surface area contributed by atoms with Crippen molar-refractivity contribution in [3.05, 3.63) is 59.7 Å². The van der Waals surface area contributed by atoms with Gasteiger partial charge < -0.3 is 9.67 Å². The zero-order valence-corrected chi connectivity index (χ0v) is 12.0. The van der Waals surface area contributed by atoms with E-state index >= 15 is 0 Å². The second-order valence-corrected chi connectivity index (χ2v) is 5.44. The van der Waals surface area contributed by atoms with Gasteiger partial charge in [0.15, 0.2) is 5.82 Å². The molecule has 0 saturated heterocycles. The Hall–Kier alpha value is -2.36. The molecule has 0 fully saturated rings. The van der Waals surface area contributed by atoms with Crippen molar-refractivity contribution in [1.82, 2.24) is 9.55 Å². The van der Waals surface area contributed by atoms with Crippen LogP contribution in [0.4, 0.5) is 4.39 Å². The minimum atomic E-state index is -0.293. The fourth-order valence-corrected chi connectivity index (χ4v) is 2.63. The van der Waals surface area contributed by atoms with Crippen molar-refractivity contribution in [2.45, 2.75) is 26.3 Å². The first-order valence-electron chi connectivity index (χ1n) is 6.99. The molecule has 4 heteroatoms. The number of para-hydroxylation sites is 1. The van der Waals surface area contributed by atoms with E-state index in [9.17, 15) is 9.50 Å². The molecule has 0 aliphatic carbocycles. The number of phenolic OH excluding ortho intramolecular Hbond substituents is 1. The van der Waals surface area contributed by atoms with Gasteiger partial charge in [0.1, 0.15) is 17.1 Å². The Morgan fingerprint density at radius 3 is 2.52 bits per heavy atom. The summed E-state index contributed by atoms with van der Waals surface area (Å²) in [5.74, 6) is 0.775. The molecule has 0 saturated carbocycles. The summed E-state index contributed by atoms with van der Waals surface area (Å²) in [5, 5.41) is 9.35. The summed E-state index contributed by atoms with van der Waals surface area (Å²) >= 11 is 0. The summed E-state index contributed by atoms with van der Waals surface area (Å²) in [6.45, 7) is 4.12. The van der Waals surface area contributed by atoms with Crippen molar-refractivity contribution in [3.8, 4) is 5.75 Å². The van der Waals surface area contributed by atoms with E-state index in [1.54, 1.807) is 18.2 Å². The number of rotatable bonds is 3. The summed E-state index contributed by atoms with van der Waals surface area (Å²) in [6.07, 6.45) is 0.604. The molecule has 0 spiro atoms. The number of aromatic nitrogens is 2. The lowest BCUT2D eigenvalue weighted by atomic mass is 10.1. The molecule has 1 aromatic heterocycles. The zero-order chi connectivity index (χ0) is 15.0. The lowest BCUT2D eigenvalue weighted by Crippen LogP contribution is -2.06. The molecule has 1 N–H and O–H groups in total. The van der Waals surface area contributed by atoms with Crippen LogP contribution in [0.25, 0.3) is 11.0 Å². The summed E-state index contributed by atoms with van der Waals surface area (Å²) in [6, 6.07) is 12.3. The fraction of sp³-hybridized carbons (Fsp3) is 0.235. The van der Waals surface area contributed by atoms with Crippen molar-refractivity contribution in [3.63, 3.8) is 0 Å². The van der Waals surface area contributed by atoms with Crippen molar-refractivity contribution >= 4 is 11.0 Å². The maximum atomic E-state index is 13.9. The molecular weight excluding hydrogens is 267 g/mol. The zero-order valence-electron chi connectivity index (χ0n) is 12.0. The highest BCUT2D eigenvalue weighted by Crippen LogP contribution is 2.25. The third-order valence-electron chi connectivity index (χ3n) is 3.56. The Morgan fingerprint density at radius 1 is 1.14 bits per heavy atom. The SMILES string of the molecule is CC(C)n1c(Cc2ccc(O)cc2)nc2c(F)cccc21. The third kappa shape index (κ3) is 2.49. The van der Waals surface area contributed by atoms with Gasteiger partial charge in [-0.1, -0.05) is 18.2 Å². The monoisotopic (exact) mass is 284 g/mol. The minimum absolute atomic E-state index is 0.198. The van der Waals surface area contributed by atoms with Crippen LogP contribution in [0.15, 0.2) is 42.5 Å². The van der Waals surface area contributed by atoms with E-state index in [0.717, 1.165) is 16.9 Å². The maximum Gasteiger partial charge on any atom is 0.151 e. The Labute approximate surface area is 122 Å². The molecule has 0 bridgehead atoms. The van der Waals surface area contributed by atoms with Crippen LogP contribution < -0.4 is 0 Å². The van der Waals surface area contributed by atoms with Crippen LogP contribution in [-0.4, -0.2) is 14.7 Å². The Morgan fingerprint density at radius 2 is 1.86 bits per heavy atom. The largest absolute Gasteiger partial charge is 0.508 e. The van der Waals surface area contributed by atoms with Gasteiger partial charge in [0.2, 0.25) is 0 Å². The Balaban J connectivity index is 2.11. The molecule has 108 valence electrons. The van der Waals surface area contributed by atoms with E-state index in [1.165, 1.54) is 6.07 Å². The van der Waals surface area contributed by atoms with Crippen LogP contribution in [0.2, 0.25) is 0 Å². The first-order chi connectivity index (χ1) is 10.1. The molecule has 0 amide bonds. The van der Waals surface area contributed by atoms with Crippen LogP contribution in [0, 0.1) is 5.82 Å². The highest BCUT2D eigenvalue weighted by atomic mass is 19.1. The van der Waals surface area contributed by atoms with E-state index < -0.39 is 0 Å². The summed E-state index contributed by atoms with van der Waals surface area (Å²) in [7, 11) is 0. The van der Waals surface area contributed by atoms with Crippen LogP contribution in [0.5, 0.6) is 5.75 Å². The highest BCUT2D eigenvalue weighted by molar-refractivity contribution is 5.77. The van der Waals surface area contributed by atoms with Crippen LogP contribution in [0.3, 0.4) is 0 Å². The number of hydrogen-bond donors (Lipinski definition) is 1. The number of halogens is 1. The summed E-state index contributed by atoms with van der Waals surface area (Å²) in [5.41, 5.74) is 2.27. The standard InChI is InChI=1S/C17H17FN2O/c1-11(2)20-15-5-3-4-14(18)17(15)19-16(20)10-12-6-8-13(21)9-7-12/h3-9,11,21H,10H2,1-2H3. The van der Waals surface area contributed by atoms with Crippen LogP contribution >= 0.6 is 0 Å². The quantitative estimate of drug-likeness (QED) is 0.788. The molecule has 0 atom stereocenters. The van der Waals surface area contributed by atoms with Gasteiger partial charge in [0, 0.05) is 12.5 Å². The molecule has 0 aliphatic rings. The molecular formula is C17H17FN2O. The topological polar surface area (TPSA) is 38.0 Å². The molecule has 0 radical (unpaired) electrons. The van der Waals surface area contributed by atoms with Gasteiger partial charge in [-0.25, -0.2) is 9.37 Å². The van der Waals surface area contributed by atoms with E-state index in [-0.39, 0.29) is 17.6 Å². The first-order valence-corrected chi connectivity index (χ1v) is 6.99. The van der Waals surface area contributed by atoms with Gasteiger partial charge in [0.25, 0.3) is 0 Å². The summed E-state index contributed by atoms with van der Waals surface area (Å²) < 4.78 is 16.0. The second kappa shape index (κ2) is 5.20. The molecule has 3 nitrogen and oxygen atoms in total. The number of fused-ring (bicyclic) bond motifs is 1. The lowest BCUT2D eigenvalue weighted by molar-refractivity contribution is 0.475. The van der Waals surface area contributed by atoms with Gasteiger partial charge in [-0.2, -0.15) is 0 Å². The third-order valence-corrected chi connectivity index (χ3v) is 3.56. The Bertz CT molecular complexity index is 775. The number of aromatic hydroxyl groups is 1. The number of hydrogen-bond acceptors (Lipinski definition) is 2. The normalized spacial score (nSPS) is 11.4. The van der Waals surface area contributed by atoms with Gasteiger partial charge in [-0.15, -0.1) is 0 Å². The second-order valence-electron chi connectivity index (χ2n) is 5.44. The highest BCUT2D eigenvalue weighted by Gasteiger charge is 2.15. The first kappa shape index (κ1) is 13.6. The molecule has 0 unspecified atom stereocenters. The number of benzene rings is 2. The van der Waals surface area contributed by atoms with E-state index in [0.29, 0.717) is 11.9 Å². The summed E-state index contributed by atoms with van der Waals surface area (Å²) in [4.78, 5) is 4.48. The molecule has 3 rings (SSSR count). The molecule has 3 aromatic rings. The van der Waals surface area contributed by atoms with Crippen molar-refractivity contribution in [2.24, 2.45) is 0 Å². The Kier molecular flexibility index (Phi) is 3.37. The molecule has 2 aromatic carbocycles. The van der Waals surface area contributed by atoms with Gasteiger partial charge >= 0.3 is 0 Å².